The Hall–Kier alpha value is -1.64. The van der Waals surface area contributed by atoms with E-state index >= 15 is 0 Å². The molecule has 1 aromatic carbocycles. The number of amides is 1. The van der Waals surface area contributed by atoms with E-state index in [4.69, 9.17) is 18.9 Å². The number of morpholine rings is 1. The number of hydrogen-bond donors (Lipinski definition) is 0. The normalized spacial score (nSPS) is 20.8. The summed E-state index contributed by atoms with van der Waals surface area (Å²) in [6.07, 6.45) is 0.934. The van der Waals surface area contributed by atoms with E-state index in [1.807, 2.05) is 17.0 Å². The van der Waals surface area contributed by atoms with E-state index in [2.05, 4.69) is 4.90 Å². The van der Waals surface area contributed by atoms with Crippen molar-refractivity contribution in [3.05, 3.63) is 17.7 Å². The fourth-order valence-corrected chi connectivity index (χ4v) is 4.77. The van der Waals surface area contributed by atoms with Crippen molar-refractivity contribution < 1.29 is 23.7 Å². The molecule has 1 unspecified atom stereocenters. The molecule has 2 aliphatic heterocycles. The highest BCUT2D eigenvalue weighted by Gasteiger charge is 2.36. The number of ether oxygens (including phenoxy) is 4. The molecular formula is C19H28N2O5S. The molecule has 1 amide bonds. The van der Waals surface area contributed by atoms with E-state index < -0.39 is 0 Å². The number of rotatable bonds is 8. The smallest absolute Gasteiger partial charge is 0.233 e. The number of benzene rings is 1. The van der Waals surface area contributed by atoms with Crippen LogP contribution in [0, 0.1) is 0 Å². The van der Waals surface area contributed by atoms with Crippen molar-refractivity contribution in [3.8, 4) is 17.2 Å². The lowest BCUT2D eigenvalue weighted by Crippen LogP contribution is -2.38. The van der Waals surface area contributed by atoms with Crippen LogP contribution in [0.1, 0.15) is 17.4 Å². The number of thioether (sulfide) groups is 1. The number of methoxy groups -OCH3 is 3. The van der Waals surface area contributed by atoms with Crippen LogP contribution in [0.3, 0.4) is 0 Å². The Morgan fingerprint density at radius 3 is 2.33 bits per heavy atom. The molecule has 2 heterocycles. The quantitative estimate of drug-likeness (QED) is 0.666. The summed E-state index contributed by atoms with van der Waals surface area (Å²) in [5, 5.41) is -0.113. The predicted molar refractivity (Wildman–Crippen MR) is 105 cm³/mol. The number of carbonyl (C=O) groups is 1. The minimum atomic E-state index is -0.113. The van der Waals surface area contributed by atoms with E-state index in [9.17, 15) is 4.79 Å². The van der Waals surface area contributed by atoms with Gasteiger partial charge < -0.3 is 23.8 Å². The summed E-state index contributed by atoms with van der Waals surface area (Å²) in [5.74, 6) is 2.65. The zero-order valence-corrected chi connectivity index (χ0v) is 17.0. The minimum Gasteiger partial charge on any atom is -0.496 e. The molecule has 2 aliphatic rings. The topological polar surface area (TPSA) is 60.5 Å². The first-order valence-electron chi connectivity index (χ1n) is 9.19. The van der Waals surface area contributed by atoms with Crippen molar-refractivity contribution in [2.45, 2.75) is 11.8 Å². The van der Waals surface area contributed by atoms with E-state index in [-0.39, 0.29) is 11.3 Å². The van der Waals surface area contributed by atoms with Crippen LogP contribution in [0.4, 0.5) is 0 Å². The molecule has 1 aromatic rings. The standard InChI is InChI=1S/C19H28N2O5S/c1-23-14-11-15(24-2)18(16(12-14)25-3)19-21(17(22)13-27-19)6-4-5-20-7-9-26-10-8-20/h11-12,19H,4-10,13H2,1-3H3. The van der Waals surface area contributed by atoms with Crippen molar-refractivity contribution in [2.75, 3.05) is 66.5 Å². The summed E-state index contributed by atoms with van der Waals surface area (Å²) in [6.45, 7) is 5.20. The average Bonchev–Trinajstić information content (AvgIpc) is 3.07. The Morgan fingerprint density at radius 1 is 1.07 bits per heavy atom. The average molecular weight is 397 g/mol. The van der Waals surface area contributed by atoms with Crippen LogP contribution < -0.4 is 14.2 Å². The number of nitrogens with zero attached hydrogens (tertiary/aromatic N) is 2. The molecule has 0 bridgehead atoms. The summed E-state index contributed by atoms with van der Waals surface area (Å²) < 4.78 is 21.9. The summed E-state index contributed by atoms with van der Waals surface area (Å²) in [6, 6.07) is 3.68. The zero-order valence-electron chi connectivity index (χ0n) is 16.2. The van der Waals surface area contributed by atoms with Gasteiger partial charge in [0.25, 0.3) is 0 Å². The molecule has 8 heteroatoms. The lowest BCUT2D eigenvalue weighted by Gasteiger charge is -2.30. The van der Waals surface area contributed by atoms with Gasteiger partial charge in [0, 0.05) is 38.3 Å². The highest BCUT2D eigenvalue weighted by Crippen LogP contribution is 2.48. The van der Waals surface area contributed by atoms with Crippen LogP contribution in [0.5, 0.6) is 17.2 Å². The van der Waals surface area contributed by atoms with Gasteiger partial charge in [-0.3, -0.25) is 9.69 Å². The zero-order chi connectivity index (χ0) is 19.2. The molecule has 150 valence electrons. The van der Waals surface area contributed by atoms with Gasteiger partial charge in [-0.25, -0.2) is 0 Å². The van der Waals surface area contributed by atoms with Gasteiger partial charge in [0.05, 0.1) is 45.9 Å². The van der Waals surface area contributed by atoms with E-state index in [1.165, 1.54) is 0 Å². The number of carbonyl (C=O) groups excluding carboxylic acids is 1. The van der Waals surface area contributed by atoms with Gasteiger partial charge in [0.15, 0.2) is 0 Å². The van der Waals surface area contributed by atoms with Crippen LogP contribution in [-0.2, 0) is 9.53 Å². The van der Waals surface area contributed by atoms with E-state index in [1.54, 1.807) is 33.1 Å². The summed E-state index contributed by atoms with van der Waals surface area (Å²) in [7, 11) is 4.86. The maximum absolute atomic E-state index is 12.5. The fraction of sp³-hybridized carbons (Fsp3) is 0.632. The van der Waals surface area contributed by atoms with Gasteiger partial charge in [-0.05, 0) is 6.42 Å². The molecule has 0 aromatic heterocycles. The van der Waals surface area contributed by atoms with Crippen molar-refractivity contribution in [2.24, 2.45) is 0 Å². The molecule has 3 rings (SSSR count). The minimum absolute atomic E-state index is 0.113. The molecule has 0 N–H and O–H groups in total. The summed E-state index contributed by atoms with van der Waals surface area (Å²) >= 11 is 1.61. The molecule has 27 heavy (non-hydrogen) atoms. The second kappa shape index (κ2) is 9.52. The first-order chi connectivity index (χ1) is 13.2. The van der Waals surface area contributed by atoms with Crippen LogP contribution in [0.15, 0.2) is 12.1 Å². The fourth-order valence-electron chi connectivity index (χ4n) is 3.50. The second-order valence-electron chi connectivity index (χ2n) is 6.50. The van der Waals surface area contributed by atoms with Gasteiger partial charge in [0.2, 0.25) is 5.91 Å². The van der Waals surface area contributed by atoms with Crippen LogP contribution in [0.2, 0.25) is 0 Å². The van der Waals surface area contributed by atoms with E-state index in [0.29, 0.717) is 29.5 Å². The third-order valence-electron chi connectivity index (χ3n) is 4.95. The molecular weight excluding hydrogens is 368 g/mol. The predicted octanol–water partition coefficient (Wildman–Crippen LogP) is 2.01. The lowest BCUT2D eigenvalue weighted by atomic mass is 10.1. The Morgan fingerprint density at radius 2 is 1.74 bits per heavy atom. The maximum Gasteiger partial charge on any atom is 0.233 e. The summed E-state index contributed by atoms with van der Waals surface area (Å²) in [5.41, 5.74) is 0.892. The van der Waals surface area contributed by atoms with Gasteiger partial charge in [-0.15, -0.1) is 11.8 Å². The van der Waals surface area contributed by atoms with Crippen molar-refractivity contribution in [1.82, 2.24) is 9.80 Å². The third kappa shape index (κ3) is 4.62. The number of hydrogen-bond acceptors (Lipinski definition) is 7. The molecule has 2 fully saturated rings. The molecule has 7 nitrogen and oxygen atoms in total. The highest BCUT2D eigenvalue weighted by atomic mass is 32.2. The van der Waals surface area contributed by atoms with Gasteiger partial charge in [-0.2, -0.15) is 0 Å². The third-order valence-corrected chi connectivity index (χ3v) is 6.16. The second-order valence-corrected chi connectivity index (χ2v) is 7.57. The lowest BCUT2D eigenvalue weighted by molar-refractivity contribution is -0.128. The monoisotopic (exact) mass is 396 g/mol. The maximum atomic E-state index is 12.5. The van der Waals surface area contributed by atoms with Gasteiger partial charge in [0.1, 0.15) is 22.6 Å². The van der Waals surface area contributed by atoms with Gasteiger partial charge >= 0.3 is 0 Å². The SMILES string of the molecule is COc1cc(OC)c(C2SCC(=O)N2CCCN2CCOCC2)c(OC)c1. The largest absolute Gasteiger partial charge is 0.496 e. The van der Waals surface area contributed by atoms with Crippen LogP contribution in [0.25, 0.3) is 0 Å². The molecule has 0 spiro atoms. The van der Waals surface area contributed by atoms with Crippen LogP contribution >= 0.6 is 11.8 Å². The van der Waals surface area contributed by atoms with E-state index in [0.717, 1.165) is 44.8 Å². The summed E-state index contributed by atoms with van der Waals surface area (Å²) in [4.78, 5) is 16.9. The molecule has 0 radical (unpaired) electrons. The Bertz CT molecular complexity index is 626. The highest BCUT2D eigenvalue weighted by molar-refractivity contribution is 8.00. The van der Waals surface area contributed by atoms with Crippen molar-refractivity contribution >= 4 is 17.7 Å². The molecule has 0 saturated carbocycles. The molecule has 0 aliphatic carbocycles. The molecule has 2 saturated heterocycles. The Balaban J connectivity index is 1.75. The van der Waals surface area contributed by atoms with Gasteiger partial charge in [-0.1, -0.05) is 0 Å². The van der Waals surface area contributed by atoms with Crippen molar-refractivity contribution in [3.63, 3.8) is 0 Å². The molecule has 1 atom stereocenters. The first-order valence-corrected chi connectivity index (χ1v) is 10.2. The van der Waals surface area contributed by atoms with Crippen LogP contribution in [-0.4, -0.2) is 82.2 Å². The van der Waals surface area contributed by atoms with Crippen molar-refractivity contribution in [1.29, 1.82) is 0 Å². The Kier molecular flexibility index (Phi) is 7.09. The Labute approximate surface area is 164 Å². The first kappa shape index (κ1) is 20.1.